The van der Waals surface area contributed by atoms with E-state index in [9.17, 15) is 5.11 Å². The second kappa shape index (κ2) is 6.54. The van der Waals surface area contributed by atoms with Crippen LogP contribution >= 0.6 is 0 Å². The zero-order valence-electron chi connectivity index (χ0n) is 15.3. The zero-order chi connectivity index (χ0) is 17.4. The third kappa shape index (κ3) is 3.17. The van der Waals surface area contributed by atoms with Crippen molar-refractivity contribution in [3.63, 3.8) is 0 Å². The number of aliphatic hydroxyl groups excluding tert-OH is 1. The third-order valence-electron chi connectivity index (χ3n) is 4.79. The predicted molar refractivity (Wildman–Crippen MR) is 104 cm³/mol. The molecular formula is C22H27NO. The molecule has 0 spiro atoms. The van der Waals surface area contributed by atoms with Crippen molar-refractivity contribution >= 4 is 21.5 Å². The van der Waals surface area contributed by atoms with E-state index in [0.717, 1.165) is 5.56 Å². The number of hydrogen-bond donors (Lipinski definition) is 1. The number of nitrogens with zero attached hydrogens (tertiary/aromatic N) is 1. The fourth-order valence-electron chi connectivity index (χ4n) is 3.41. The molecule has 0 bridgehead atoms. The molecule has 0 aliphatic carbocycles. The zero-order valence-corrected chi connectivity index (χ0v) is 15.3. The largest absolute Gasteiger partial charge is 0.387 e. The Morgan fingerprint density at radius 1 is 0.875 bits per heavy atom. The van der Waals surface area contributed by atoms with Gasteiger partial charge in [-0.25, -0.2) is 0 Å². The Bertz CT molecular complexity index is 880. The van der Waals surface area contributed by atoms with Gasteiger partial charge < -0.3 is 10.0 Å². The van der Waals surface area contributed by atoms with Crippen LogP contribution in [0.3, 0.4) is 0 Å². The highest BCUT2D eigenvalue weighted by Gasteiger charge is 2.13. The van der Waals surface area contributed by atoms with Gasteiger partial charge in [-0.3, -0.25) is 0 Å². The minimum absolute atomic E-state index is 0.465. The maximum absolute atomic E-state index is 10.5. The lowest BCUT2D eigenvalue weighted by Crippen LogP contribution is -2.20. The fourth-order valence-corrected chi connectivity index (χ4v) is 3.41. The summed E-state index contributed by atoms with van der Waals surface area (Å²) in [5.41, 5.74) is 3.58. The fraction of sp³-hybridized carbons (Fsp3) is 0.364. The molecule has 126 valence electrons. The number of aryl methyl sites for hydroxylation is 1. The topological polar surface area (TPSA) is 23.5 Å². The molecule has 1 N–H and O–H groups in total. The molecule has 0 amide bonds. The maximum Gasteiger partial charge on any atom is 0.0916 e. The smallest absolute Gasteiger partial charge is 0.0916 e. The Kier molecular flexibility index (Phi) is 4.62. The van der Waals surface area contributed by atoms with Gasteiger partial charge in [-0.2, -0.15) is 0 Å². The van der Waals surface area contributed by atoms with Gasteiger partial charge >= 0.3 is 0 Å². The van der Waals surface area contributed by atoms with Gasteiger partial charge in [0.15, 0.2) is 0 Å². The molecule has 2 heteroatoms. The predicted octanol–water partition coefficient (Wildman–Crippen LogP) is 5.02. The first-order chi connectivity index (χ1) is 11.4. The number of rotatable bonds is 4. The standard InChI is InChI=1S/C22H27NO/c1-14(2)16-6-9-20-17(11-16)7-8-19-15(3)10-18(12-21(19)20)22(24)13-23(4)5/h6-12,14,22,24H,13H2,1-5H3/t22-/m1/s1. The van der Waals surface area contributed by atoms with Gasteiger partial charge in [0.25, 0.3) is 0 Å². The quantitative estimate of drug-likeness (QED) is 0.682. The summed E-state index contributed by atoms with van der Waals surface area (Å²) in [6, 6.07) is 15.4. The number of fused-ring (bicyclic) bond motifs is 3. The second-order valence-corrected chi connectivity index (χ2v) is 7.41. The molecule has 0 heterocycles. The highest BCUT2D eigenvalue weighted by molar-refractivity contribution is 6.08. The number of likely N-dealkylation sites (N-methyl/N-ethyl adjacent to an activating group) is 1. The van der Waals surface area contributed by atoms with E-state index in [1.54, 1.807) is 0 Å². The maximum atomic E-state index is 10.5. The normalized spacial score (nSPS) is 13.3. The Labute approximate surface area is 144 Å². The van der Waals surface area contributed by atoms with E-state index in [4.69, 9.17) is 0 Å². The second-order valence-electron chi connectivity index (χ2n) is 7.41. The summed E-state index contributed by atoms with van der Waals surface area (Å²) >= 11 is 0. The number of hydrogen-bond acceptors (Lipinski definition) is 2. The molecule has 0 fully saturated rings. The van der Waals surface area contributed by atoms with Crippen molar-refractivity contribution in [3.8, 4) is 0 Å². The average molecular weight is 321 g/mol. The Morgan fingerprint density at radius 3 is 2.25 bits per heavy atom. The van der Waals surface area contributed by atoms with Gasteiger partial charge in [-0.05, 0) is 71.2 Å². The Balaban J connectivity index is 2.21. The summed E-state index contributed by atoms with van der Waals surface area (Å²) in [6.45, 7) is 7.21. The first-order valence-corrected chi connectivity index (χ1v) is 8.66. The monoisotopic (exact) mass is 321 g/mol. The first kappa shape index (κ1) is 16.9. The Hall–Kier alpha value is -1.90. The van der Waals surface area contributed by atoms with E-state index >= 15 is 0 Å². The van der Waals surface area contributed by atoms with Crippen LogP contribution in [0.5, 0.6) is 0 Å². The highest BCUT2D eigenvalue weighted by atomic mass is 16.3. The summed E-state index contributed by atoms with van der Waals surface area (Å²) in [7, 11) is 3.97. The third-order valence-corrected chi connectivity index (χ3v) is 4.79. The molecule has 0 saturated carbocycles. The molecular weight excluding hydrogens is 294 g/mol. The molecule has 2 nitrogen and oxygen atoms in total. The lowest BCUT2D eigenvalue weighted by atomic mass is 9.92. The molecule has 3 aromatic carbocycles. The van der Waals surface area contributed by atoms with E-state index in [0.29, 0.717) is 12.5 Å². The van der Waals surface area contributed by atoms with E-state index in [1.807, 2.05) is 19.0 Å². The van der Waals surface area contributed by atoms with Crippen molar-refractivity contribution in [1.29, 1.82) is 0 Å². The van der Waals surface area contributed by atoms with Crippen molar-refractivity contribution in [2.24, 2.45) is 0 Å². The lowest BCUT2D eigenvalue weighted by Gasteiger charge is -2.18. The molecule has 0 radical (unpaired) electrons. The molecule has 3 rings (SSSR count). The van der Waals surface area contributed by atoms with Gasteiger partial charge in [-0.15, -0.1) is 0 Å². The minimum Gasteiger partial charge on any atom is -0.387 e. The van der Waals surface area contributed by atoms with Gasteiger partial charge in [0.1, 0.15) is 0 Å². The SMILES string of the molecule is Cc1cc([C@H](O)CN(C)C)cc2c1ccc1cc(C(C)C)ccc12. The van der Waals surface area contributed by atoms with Gasteiger partial charge in [0.05, 0.1) is 6.10 Å². The lowest BCUT2D eigenvalue weighted by molar-refractivity contribution is 0.138. The number of aliphatic hydroxyl groups is 1. The molecule has 1 atom stereocenters. The van der Waals surface area contributed by atoms with Crippen LogP contribution in [0.15, 0.2) is 42.5 Å². The summed E-state index contributed by atoms with van der Waals surface area (Å²) in [6.07, 6.45) is -0.465. The summed E-state index contributed by atoms with van der Waals surface area (Å²) in [5.74, 6) is 0.528. The highest BCUT2D eigenvalue weighted by Crippen LogP contribution is 2.32. The molecule has 0 aliphatic rings. The van der Waals surface area contributed by atoms with Crippen LogP contribution in [0, 0.1) is 6.92 Å². The molecule has 24 heavy (non-hydrogen) atoms. The summed E-state index contributed by atoms with van der Waals surface area (Å²) in [4.78, 5) is 2.02. The van der Waals surface area contributed by atoms with Gasteiger partial charge in [0.2, 0.25) is 0 Å². The van der Waals surface area contributed by atoms with Gasteiger partial charge in [0, 0.05) is 6.54 Å². The molecule has 0 aliphatic heterocycles. The van der Waals surface area contributed by atoms with Crippen molar-refractivity contribution < 1.29 is 5.11 Å². The van der Waals surface area contributed by atoms with Crippen LogP contribution < -0.4 is 0 Å². The van der Waals surface area contributed by atoms with Crippen molar-refractivity contribution in [2.75, 3.05) is 20.6 Å². The first-order valence-electron chi connectivity index (χ1n) is 8.66. The van der Waals surface area contributed by atoms with Crippen LogP contribution in [0.25, 0.3) is 21.5 Å². The van der Waals surface area contributed by atoms with Crippen LogP contribution in [-0.4, -0.2) is 30.6 Å². The molecule has 0 saturated heterocycles. The van der Waals surface area contributed by atoms with Crippen molar-refractivity contribution in [1.82, 2.24) is 4.90 Å². The van der Waals surface area contributed by atoms with Crippen LogP contribution in [0.1, 0.15) is 42.6 Å². The summed E-state index contributed by atoms with van der Waals surface area (Å²) < 4.78 is 0. The van der Waals surface area contributed by atoms with Gasteiger partial charge in [-0.1, -0.05) is 50.2 Å². The van der Waals surface area contributed by atoms with E-state index in [2.05, 4.69) is 63.2 Å². The van der Waals surface area contributed by atoms with Crippen molar-refractivity contribution in [3.05, 3.63) is 59.2 Å². The van der Waals surface area contributed by atoms with E-state index in [-0.39, 0.29) is 0 Å². The molecule has 3 aromatic rings. The molecule has 0 unspecified atom stereocenters. The van der Waals surface area contributed by atoms with Crippen molar-refractivity contribution in [2.45, 2.75) is 32.8 Å². The van der Waals surface area contributed by atoms with Crippen LogP contribution in [0.4, 0.5) is 0 Å². The van der Waals surface area contributed by atoms with Crippen LogP contribution in [-0.2, 0) is 0 Å². The minimum atomic E-state index is -0.465. The van der Waals surface area contributed by atoms with Crippen LogP contribution in [0.2, 0.25) is 0 Å². The van der Waals surface area contributed by atoms with E-state index < -0.39 is 6.10 Å². The summed E-state index contributed by atoms with van der Waals surface area (Å²) in [5, 5.41) is 15.6. The average Bonchev–Trinajstić information content (AvgIpc) is 2.53. The molecule has 0 aromatic heterocycles. The Morgan fingerprint density at radius 2 is 1.58 bits per heavy atom. The number of benzene rings is 3. The van der Waals surface area contributed by atoms with E-state index in [1.165, 1.54) is 32.7 Å².